The van der Waals surface area contributed by atoms with Crippen LogP contribution in [0, 0.1) is 6.92 Å². The van der Waals surface area contributed by atoms with Gasteiger partial charge in [-0.05, 0) is 13.0 Å². The van der Waals surface area contributed by atoms with Gasteiger partial charge in [-0.2, -0.15) is 0 Å². The van der Waals surface area contributed by atoms with Crippen molar-refractivity contribution >= 4 is 5.91 Å². The molecule has 0 saturated carbocycles. The molecule has 1 aromatic rings. The summed E-state index contributed by atoms with van der Waals surface area (Å²) in [5.74, 6) is 0.774. The maximum Gasteiger partial charge on any atom is 0.246 e. The molecule has 1 amide bonds. The molecule has 1 aliphatic heterocycles. The lowest BCUT2D eigenvalue weighted by Crippen LogP contribution is -2.34. The van der Waals surface area contributed by atoms with Crippen LogP contribution in [0.4, 0.5) is 0 Å². The van der Waals surface area contributed by atoms with E-state index >= 15 is 0 Å². The average Bonchev–Trinajstić information content (AvgIpc) is 2.30. The van der Waals surface area contributed by atoms with Crippen molar-refractivity contribution in [3.05, 3.63) is 29.3 Å². The monoisotopic (exact) mass is 235 g/mol. The molecule has 92 valence electrons. The van der Waals surface area contributed by atoms with E-state index < -0.39 is 0 Å². The summed E-state index contributed by atoms with van der Waals surface area (Å²) in [6.45, 7) is 2.76. The van der Waals surface area contributed by atoms with Crippen LogP contribution in [0.25, 0.3) is 0 Å². The highest BCUT2D eigenvalue weighted by atomic mass is 16.5. The molecule has 4 heteroatoms. The molecular formula is C13H17NO3. The Bertz CT molecular complexity index is 417. The Balaban J connectivity index is 2.16. The predicted octanol–water partition coefficient (Wildman–Crippen LogP) is 1.58. The number of hydrogen-bond acceptors (Lipinski definition) is 3. The third-order valence-corrected chi connectivity index (χ3v) is 2.82. The van der Waals surface area contributed by atoms with Crippen molar-refractivity contribution < 1.29 is 14.3 Å². The van der Waals surface area contributed by atoms with Crippen LogP contribution < -0.4 is 10.1 Å². The smallest absolute Gasteiger partial charge is 0.246 e. The Kier molecular flexibility index (Phi) is 3.64. The highest BCUT2D eigenvalue weighted by Gasteiger charge is 2.22. The van der Waals surface area contributed by atoms with Gasteiger partial charge in [0.1, 0.15) is 12.4 Å². The molecule has 0 aliphatic carbocycles. The van der Waals surface area contributed by atoms with E-state index in [0.717, 1.165) is 17.7 Å². The van der Waals surface area contributed by atoms with E-state index in [4.69, 9.17) is 9.47 Å². The lowest BCUT2D eigenvalue weighted by molar-refractivity contribution is -0.125. The SMILES string of the molecule is COCC(=O)NC1CCOc2ccc(C)cc21. The first-order valence-corrected chi connectivity index (χ1v) is 5.72. The van der Waals surface area contributed by atoms with Crippen LogP contribution in [-0.4, -0.2) is 26.2 Å². The standard InChI is InChI=1S/C13H17NO3/c1-9-3-4-12-10(7-9)11(5-6-17-12)14-13(15)8-16-2/h3-4,7,11H,5-6,8H2,1-2H3,(H,14,15). The normalized spacial score (nSPS) is 18.1. The molecule has 4 nitrogen and oxygen atoms in total. The summed E-state index contributed by atoms with van der Waals surface area (Å²) >= 11 is 0. The summed E-state index contributed by atoms with van der Waals surface area (Å²) < 4.78 is 10.4. The van der Waals surface area contributed by atoms with E-state index in [0.29, 0.717) is 6.61 Å². The largest absolute Gasteiger partial charge is 0.493 e. The van der Waals surface area contributed by atoms with Crippen molar-refractivity contribution in [2.75, 3.05) is 20.3 Å². The molecule has 1 aromatic carbocycles. The number of ether oxygens (including phenoxy) is 2. The number of fused-ring (bicyclic) bond motifs is 1. The minimum absolute atomic E-state index is 0.0290. The fraction of sp³-hybridized carbons (Fsp3) is 0.462. The number of benzene rings is 1. The maximum absolute atomic E-state index is 11.5. The maximum atomic E-state index is 11.5. The summed E-state index contributed by atoms with van der Waals surface area (Å²) in [5, 5.41) is 2.96. The van der Waals surface area contributed by atoms with E-state index in [9.17, 15) is 4.79 Å². The number of hydrogen-bond donors (Lipinski definition) is 1. The molecule has 17 heavy (non-hydrogen) atoms. The quantitative estimate of drug-likeness (QED) is 0.865. The fourth-order valence-corrected chi connectivity index (χ4v) is 2.03. The van der Waals surface area contributed by atoms with Gasteiger partial charge in [0.15, 0.2) is 0 Å². The molecule has 1 heterocycles. The van der Waals surface area contributed by atoms with Crippen molar-refractivity contribution in [2.24, 2.45) is 0 Å². The van der Waals surface area contributed by atoms with E-state index in [-0.39, 0.29) is 18.6 Å². The number of methoxy groups -OCH3 is 1. The molecule has 1 N–H and O–H groups in total. The van der Waals surface area contributed by atoms with E-state index in [1.165, 1.54) is 12.7 Å². The van der Waals surface area contributed by atoms with Crippen molar-refractivity contribution in [3.8, 4) is 5.75 Å². The van der Waals surface area contributed by atoms with Gasteiger partial charge in [0.2, 0.25) is 5.91 Å². The van der Waals surface area contributed by atoms with E-state index in [1.54, 1.807) is 0 Å². The lowest BCUT2D eigenvalue weighted by Gasteiger charge is -2.27. The molecule has 1 aliphatic rings. The third-order valence-electron chi connectivity index (χ3n) is 2.82. The summed E-state index contributed by atoms with van der Waals surface area (Å²) in [7, 11) is 1.52. The number of rotatable bonds is 3. The first-order chi connectivity index (χ1) is 8.20. The van der Waals surface area contributed by atoms with Crippen LogP contribution in [-0.2, 0) is 9.53 Å². The summed E-state index contributed by atoms with van der Waals surface area (Å²) in [5.41, 5.74) is 2.22. The van der Waals surface area contributed by atoms with Crippen molar-refractivity contribution in [1.29, 1.82) is 0 Å². The van der Waals surface area contributed by atoms with Crippen LogP contribution >= 0.6 is 0 Å². The van der Waals surface area contributed by atoms with Gasteiger partial charge in [-0.3, -0.25) is 4.79 Å². The first-order valence-electron chi connectivity index (χ1n) is 5.72. The topological polar surface area (TPSA) is 47.6 Å². The number of aryl methyl sites for hydroxylation is 1. The molecule has 0 bridgehead atoms. The minimum Gasteiger partial charge on any atom is -0.493 e. The molecule has 0 aromatic heterocycles. The minimum atomic E-state index is -0.0909. The molecule has 0 radical (unpaired) electrons. The van der Waals surface area contributed by atoms with Gasteiger partial charge in [0.25, 0.3) is 0 Å². The van der Waals surface area contributed by atoms with Gasteiger partial charge >= 0.3 is 0 Å². The summed E-state index contributed by atoms with van der Waals surface area (Å²) in [6.07, 6.45) is 0.798. The first kappa shape index (κ1) is 11.9. The van der Waals surface area contributed by atoms with Crippen LogP contribution in [0.5, 0.6) is 5.75 Å². The van der Waals surface area contributed by atoms with Crippen LogP contribution in [0.1, 0.15) is 23.6 Å². The second-order valence-electron chi connectivity index (χ2n) is 4.23. The summed E-state index contributed by atoms with van der Waals surface area (Å²) in [6, 6.07) is 6.06. The Morgan fingerprint density at radius 3 is 3.18 bits per heavy atom. The van der Waals surface area contributed by atoms with E-state index in [2.05, 4.69) is 11.4 Å². The van der Waals surface area contributed by atoms with Gasteiger partial charge in [-0.25, -0.2) is 0 Å². The van der Waals surface area contributed by atoms with Gasteiger partial charge in [-0.15, -0.1) is 0 Å². The van der Waals surface area contributed by atoms with Gasteiger partial charge in [0.05, 0.1) is 12.6 Å². The lowest BCUT2D eigenvalue weighted by atomic mass is 9.98. The highest BCUT2D eigenvalue weighted by Crippen LogP contribution is 2.32. The number of amides is 1. The molecular weight excluding hydrogens is 218 g/mol. The van der Waals surface area contributed by atoms with Gasteiger partial charge in [-0.1, -0.05) is 17.7 Å². The predicted molar refractivity (Wildman–Crippen MR) is 64.1 cm³/mol. The number of carbonyl (C=O) groups is 1. The molecule has 1 atom stereocenters. The fourth-order valence-electron chi connectivity index (χ4n) is 2.03. The molecule has 0 saturated heterocycles. The second-order valence-corrected chi connectivity index (χ2v) is 4.23. The summed E-state index contributed by atoms with van der Waals surface area (Å²) in [4.78, 5) is 11.5. The Labute approximate surface area is 101 Å². The molecule has 0 spiro atoms. The highest BCUT2D eigenvalue weighted by molar-refractivity contribution is 5.77. The number of nitrogens with one attached hydrogen (secondary N) is 1. The zero-order valence-electron chi connectivity index (χ0n) is 10.2. The van der Waals surface area contributed by atoms with Crippen molar-refractivity contribution in [2.45, 2.75) is 19.4 Å². The molecule has 1 unspecified atom stereocenters. The van der Waals surface area contributed by atoms with Crippen LogP contribution in [0.15, 0.2) is 18.2 Å². The van der Waals surface area contributed by atoms with Crippen LogP contribution in [0.3, 0.4) is 0 Å². The zero-order chi connectivity index (χ0) is 12.3. The zero-order valence-corrected chi connectivity index (χ0v) is 10.2. The Hall–Kier alpha value is -1.55. The van der Waals surface area contributed by atoms with Gasteiger partial charge in [0, 0.05) is 19.1 Å². The molecule has 2 rings (SSSR count). The average molecular weight is 235 g/mol. The Morgan fingerprint density at radius 1 is 1.59 bits per heavy atom. The third kappa shape index (κ3) is 2.77. The van der Waals surface area contributed by atoms with Crippen molar-refractivity contribution in [3.63, 3.8) is 0 Å². The van der Waals surface area contributed by atoms with Crippen LogP contribution in [0.2, 0.25) is 0 Å². The van der Waals surface area contributed by atoms with Gasteiger partial charge < -0.3 is 14.8 Å². The second kappa shape index (κ2) is 5.19. The Morgan fingerprint density at radius 2 is 2.41 bits per heavy atom. The van der Waals surface area contributed by atoms with Crippen molar-refractivity contribution in [1.82, 2.24) is 5.32 Å². The van der Waals surface area contributed by atoms with E-state index in [1.807, 2.05) is 19.1 Å². The number of carbonyl (C=O) groups excluding carboxylic acids is 1. The molecule has 0 fully saturated rings.